The van der Waals surface area contributed by atoms with Crippen LogP contribution in [0.15, 0.2) is 24.3 Å². The maximum Gasteiger partial charge on any atom is 0.177 e. The molecule has 0 radical (unpaired) electrons. The number of carbonyl (C=O) groups excluding carboxylic acids is 1. The molecule has 5 heteroatoms. The van der Waals surface area contributed by atoms with Crippen molar-refractivity contribution in [3.05, 3.63) is 35.6 Å². The fourth-order valence-corrected chi connectivity index (χ4v) is 1.60. The van der Waals surface area contributed by atoms with E-state index in [9.17, 15) is 17.6 Å². The summed E-state index contributed by atoms with van der Waals surface area (Å²) in [6.45, 7) is 8.00. The Morgan fingerprint density at radius 1 is 1.06 bits per heavy atom. The first kappa shape index (κ1) is 19.1. The van der Waals surface area contributed by atoms with Crippen LogP contribution in [0.4, 0.5) is 4.39 Å². The molecule has 1 aromatic rings. The fourth-order valence-electron chi connectivity index (χ4n) is 0.957. The molecule has 0 amide bonds. The molecule has 104 valence electrons. The van der Waals surface area contributed by atoms with Crippen LogP contribution in [-0.4, -0.2) is 26.2 Å². The van der Waals surface area contributed by atoms with Crippen LogP contribution in [0.5, 0.6) is 0 Å². The van der Waals surface area contributed by atoms with E-state index in [0.717, 1.165) is 18.4 Å². The molecule has 0 aromatic heterocycles. The Hall–Kier alpha value is -1.23. The highest BCUT2D eigenvalue weighted by Gasteiger charge is 2.12. The van der Waals surface area contributed by atoms with Gasteiger partial charge in [0.05, 0.1) is 0 Å². The van der Waals surface area contributed by atoms with E-state index in [1.54, 1.807) is 0 Å². The van der Waals surface area contributed by atoms with Gasteiger partial charge in [0.1, 0.15) is 11.6 Å². The number of sulfone groups is 1. The molecule has 0 atom stereocenters. The van der Waals surface area contributed by atoms with E-state index in [0.29, 0.717) is 0 Å². The monoisotopic (exact) mass is 276 g/mol. The van der Waals surface area contributed by atoms with E-state index >= 15 is 0 Å². The van der Waals surface area contributed by atoms with Crippen molar-refractivity contribution < 1.29 is 17.6 Å². The third-order valence-electron chi connectivity index (χ3n) is 1.56. The molecule has 0 saturated heterocycles. The highest BCUT2D eigenvalue weighted by atomic mass is 32.2. The largest absolute Gasteiger partial charge is 0.293 e. The molecule has 1 aromatic carbocycles. The number of rotatable bonds is 3. The molecule has 0 aliphatic rings. The van der Waals surface area contributed by atoms with Crippen LogP contribution >= 0.6 is 0 Å². The van der Waals surface area contributed by atoms with Crippen LogP contribution in [0.2, 0.25) is 0 Å². The summed E-state index contributed by atoms with van der Waals surface area (Å²) >= 11 is 0. The maximum atomic E-state index is 12.5. The Kier molecular flexibility index (Phi) is 10.4. The minimum atomic E-state index is -3.32. The predicted molar refractivity (Wildman–Crippen MR) is 73.1 cm³/mol. The first-order valence-corrected chi connectivity index (χ1v) is 7.91. The Morgan fingerprint density at radius 2 is 1.44 bits per heavy atom. The lowest BCUT2D eigenvalue weighted by atomic mass is 10.1. The van der Waals surface area contributed by atoms with Crippen LogP contribution in [0.1, 0.15) is 38.1 Å². The van der Waals surface area contributed by atoms with Crippen molar-refractivity contribution in [2.24, 2.45) is 0 Å². The Morgan fingerprint density at radius 3 is 1.78 bits per heavy atom. The number of benzene rings is 1. The van der Waals surface area contributed by atoms with Gasteiger partial charge in [0, 0.05) is 11.8 Å². The zero-order valence-electron chi connectivity index (χ0n) is 11.5. The van der Waals surface area contributed by atoms with Gasteiger partial charge >= 0.3 is 0 Å². The molecule has 0 bridgehead atoms. The van der Waals surface area contributed by atoms with Gasteiger partial charge in [-0.1, -0.05) is 27.7 Å². The summed E-state index contributed by atoms with van der Waals surface area (Å²) in [6, 6.07) is 4.77. The summed E-state index contributed by atoms with van der Waals surface area (Å²) < 4.78 is 34.0. The van der Waals surface area contributed by atoms with Gasteiger partial charge in [0.25, 0.3) is 0 Å². The SMILES string of the molecule is CC.CC.CS(=O)(=O)CC(=O)c1ccc(F)cc1. The van der Waals surface area contributed by atoms with Crippen LogP contribution in [0.25, 0.3) is 0 Å². The Balaban J connectivity index is 0. The molecular formula is C13H21FO3S. The zero-order chi connectivity index (χ0) is 14.8. The van der Waals surface area contributed by atoms with Gasteiger partial charge in [-0.2, -0.15) is 0 Å². The average Bonchev–Trinajstić information content (AvgIpc) is 2.33. The number of hydrogen-bond acceptors (Lipinski definition) is 3. The second kappa shape index (κ2) is 9.76. The normalized spacial score (nSPS) is 9.44. The van der Waals surface area contributed by atoms with E-state index in [-0.39, 0.29) is 5.56 Å². The summed E-state index contributed by atoms with van der Waals surface area (Å²) in [4.78, 5) is 11.3. The van der Waals surface area contributed by atoms with Crippen LogP contribution in [0.3, 0.4) is 0 Å². The quantitative estimate of drug-likeness (QED) is 0.797. The highest BCUT2D eigenvalue weighted by Crippen LogP contribution is 2.04. The van der Waals surface area contributed by atoms with Gasteiger partial charge in [0.2, 0.25) is 0 Å². The van der Waals surface area contributed by atoms with E-state index in [1.807, 2.05) is 27.7 Å². The molecule has 0 saturated carbocycles. The molecule has 1 rings (SSSR count). The molecule has 18 heavy (non-hydrogen) atoms. The summed E-state index contributed by atoms with van der Waals surface area (Å²) in [6.07, 6.45) is 0.981. The summed E-state index contributed by atoms with van der Waals surface area (Å²) in [7, 11) is -3.32. The van der Waals surface area contributed by atoms with Crippen molar-refractivity contribution in [3.8, 4) is 0 Å². The predicted octanol–water partition coefficient (Wildman–Crippen LogP) is 3.11. The third-order valence-corrected chi connectivity index (χ3v) is 2.35. The number of hydrogen-bond donors (Lipinski definition) is 0. The lowest BCUT2D eigenvalue weighted by Crippen LogP contribution is -2.14. The van der Waals surface area contributed by atoms with Crippen LogP contribution in [0, 0.1) is 5.82 Å². The first-order valence-electron chi connectivity index (χ1n) is 5.85. The molecule has 0 unspecified atom stereocenters. The third kappa shape index (κ3) is 8.87. The molecule has 0 N–H and O–H groups in total. The minimum absolute atomic E-state index is 0.205. The molecule has 0 fully saturated rings. The molecule has 0 aliphatic heterocycles. The van der Waals surface area contributed by atoms with Gasteiger partial charge < -0.3 is 0 Å². The van der Waals surface area contributed by atoms with Crippen molar-refractivity contribution in [2.45, 2.75) is 27.7 Å². The summed E-state index contributed by atoms with van der Waals surface area (Å²) in [5.74, 6) is -1.52. The van der Waals surface area contributed by atoms with Gasteiger partial charge in [-0.25, -0.2) is 12.8 Å². The van der Waals surface area contributed by atoms with Crippen molar-refractivity contribution >= 4 is 15.6 Å². The standard InChI is InChI=1S/C9H9FO3S.2C2H6/c1-14(12,13)6-9(11)7-2-4-8(10)5-3-7;2*1-2/h2-5H,6H2,1H3;2*1-2H3. The number of ketones is 1. The van der Waals surface area contributed by atoms with Gasteiger partial charge in [-0.3, -0.25) is 4.79 Å². The van der Waals surface area contributed by atoms with E-state index in [1.165, 1.54) is 12.1 Å². The van der Waals surface area contributed by atoms with E-state index in [4.69, 9.17) is 0 Å². The lowest BCUT2D eigenvalue weighted by molar-refractivity contribution is 0.102. The maximum absolute atomic E-state index is 12.5. The van der Waals surface area contributed by atoms with Crippen LogP contribution in [-0.2, 0) is 9.84 Å². The molecular weight excluding hydrogens is 255 g/mol. The fraction of sp³-hybridized carbons (Fsp3) is 0.462. The number of Topliss-reactive ketones (excluding diaryl/α,β-unsaturated/α-hetero) is 1. The van der Waals surface area contributed by atoms with E-state index in [2.05, 4.69) is 0 Å². The van der Waals surface area contributed by atoms with Crippen molar-refractivity contribution in [2.75, 3.05) is 12.0 Å². The first-order chi connectivity index (χ1) is 8.38. The molecule has 0 spiro atoms. The highest BCUT2D eigenvalue weighted by molar-refractivity contribution is 7.91. The smallest absolute Gasteiger partial charge is 0.177 e. The summed E-state index contributed by atoms with van der Waals surface area (Å²) in [5.41, 5.74) is 0.205. The topological polar surface area (TPSA) is 51.2 Å². The van der Waals surface area contributed by atoms with Gasteiger partial charge in [0.15, 0.2) is 15.6 Å². The average molecular weight is 276 g/mol. The van der Waals surface area contributed by atoms with Gasteiger partial charge in [-0.15, -0.1) is 0 Å². The second-order valence-electron chi connectivity index (χ2n) is 3.00. The van der Waals surface area contributed by atoms with Crippen molar-refractivity contribution in [3.63, 3.8) is 0 Å². The summed E-state index contributed by atoms with van der Waals surface area (Å²) in [5, 5.41) is 0. The number of carbonyl (C=O) groups is 1. The minimum Gasteiger partial charge on any atom is -0.293 e. The van der Waals surface area contributed by atoms with Gasteiger partial charge in [-0.05, 0) is 24.3 Å². The van der Waals surface area contributed by atoms with E-state index < -0.39 is 27.2 Å². The van der Waals surface area contributed by atoms with Crippen LogP contribution < -0.4 is 0 Å². The van der Waals surface area contributed by atoms with Crippen molar-refractivity contribution in [1.29, 1.82) is 0 Å². The zero-order valence-corrected chi connectivity index (χ0v) is 12.3. The molecule has 3 nitrogen and oxygen atoms in total. The van der Waals surface area contributed by atoms with Crippen molar-refractivity contribution in [1.82, 2.24) is 0 Å². The molecule has 0 heterocycles. The lowest BCUT2D eigenvalue weighted by Gasteiger charge is -1.98. The Bertz CT molecular complexity index is 436. The Labute approximate surface area is 109 Å². The number of halogens is 1. The molecule has 0 aliphatic carbocycles. The second-order valence-corrected chi connectivity index (χ2v) is 5.14.